The molecule has 0 aromatic carbocycles. The summed E-state index contributed by atoms with van der Waals surface area (Å²) in [6.07, 6.45) is 4.91. The van der Waals surface area contributed by atoms with Gasteiger partial charge in [-0.2, -0.15) is 7.05 Å². The van der Waals surface area contributed by atoms with Crippen LogP contribution < -0.4 is 0 Å². The summed E-state index contributed by atoms with van der Waals surface area (Å²) in [5.41, 5.74) is 12.9. The molecule has 1 fully saturated rings. The molecule has 9 heavy (non-hydrogen) atoms. The first-order valence-electron chi connectivity index (χ1n) is 3.11. The molecule has 0 saturated heterocycles. The third-order valence-electron chi connectivity index (χ3n) is 1.36. The fourth-order valence-corrected chi connectivity index (χ4v) is 0.926. The van der Waals surface area contributed by atoms with Crippen LogP contribution in [0.5, 0.6) is 0 Å². The van der Waals surface area contributed by atoms with E-state index in [2.05, 4.69) is 0 Å². The van der Waals surface area contributed by atoms with Gasteiger partial charge in [0.05, 0.1) is 0 Å². The van der Waals surface area contributed by atoms with Gasteiger partial charge in [0.1, 0.15) is 0 Å². The van der Waals surface area contributed by atoms with Crippen LogP contribution in [0.1, 0.15) is 25.7 Å². The van der Waals surface area contributed by atoms with Gasteiger partial charge in [0.25, 0.3) is 0 Å². The Kier molecular flexibility index (Phi) is 11.8. The van der Waals surface area contributed by atoms with Gasteiger partial charge in [0, 0.05) is 0 Å². The van der Waals surface area contributed by atoms with Crippen molar-refractivity contribution in [2.24, 2.45) is 0 Å². The van der Waals surface area contributed by atoms with Crippen molar-refractivity contribution >= 4 is 0 Å². The van der Waals surface area contributed by atoms with E-state index in [0.717, 1.165) is 12.8 Å². The fraction of sp³-hybridized carbons (Fsp3) is 1.00. The van der Waals surface area contributed by atoms with Gasteiger partial charge in [-0.25, -0.2) is 0 Å². The van der Waals surface area contributed by atoms with Gasteiger partial charge in [-0.05, 0) is 0 Å². The summed E-state index contributed by atoms with van der Waals surface area (Å²) in [4.78, 5) is 0. The average molecular weight is 298 g/mol. The van der Waals surface area contributed by atoms with E-state index in [9.17, 15) is 0 Å². The smallest absolute Gasteiger partial charge is 0.680 e. The molecule has 1 saturated carbocycles. The van der Waals surface area contributed by atoms with E-state index < -0.39 is 0 Å². The molecule has 2 nitrogen and oxygen atoms in total. The third-order valence-corrected chi connectivity index (χ3v) is 1.36. The predicted octanol–water partition coefficient (Wildman–Crippen LogP) is 2.65. The summed E-state index contributed by atoms with van der Waals surface area (Å²) in [5.74, 6) is 0. The number of hydrogen-bond acceptors (Lipinski definition) is 0. The molecule has 0 aromatic rings. The van der Waals surface area contributed by atoms with Crippen molar-refractivity contribution in [2.75, 3.05) is 7.05 Å². The topological polar surface area (TPSA) is 47.6 Å². The normalized spacial score (nSPS) is 17.7. The number of hydrogen-bond donors (Lipinski definition) is 0. The molecular weight excluding hydrogens is 284 g/mol. The molecule has 1 aliphatic carbocycles. The SMILES string of the molecule is C[NH-].[NH-]C1CCCC1.[W+2]. The Morgan fingerprint density at radius 3 is 1.56 bits per heavy atom. The van der Waals surface area contributed by atoms with Gasteiger partial charge in [0.2, 0.25) is 0 Å². The average Bonchev–Trinajstić information content (AvgIpc) is 2.24. The van der Waals surface area contributed by atoms with Gasteiger partial charge >= 0.3 is 21.1 Å². The molecule has 54 valence electrons. The summed E-state index contributed by atoms with van der Waals surface area (Å²) < 4.78 is 0. The molecule has 0 atom stereocenters. The van der Waals surface area contributed by atoms with E-state index in [4.69, 9.17) is 11.5 Å². The maximum Gasteiger partial charge on any atom is 2.00 e. The second-order valence-electron chi connectivity index (χ2n) is 1.98. The first-order chi connectivity index (χ1) is 3.89. The van der Waals surface area contributed by atoms with Crippen molar-refractivity contribution in [3.8, 4) is 0 Å². The van der Waals surface area contributed by atoms with Gasteiger partial charge in [0.15, 0.2) is 0 Å². The van der Waals surface area contributed by atoms with Crippen LogP contribution in [0.25, 0.3) is 11.5 Å². The van der Waals surface area contributed by atoms with Crippen molar-refractivity contribution in [1.82, 2.24) is 0 Å². The second kappa shape index (κ2) is 8.61. The van der Waals surface area contributed by atoms with E-state index in [-0.39, 0.29) is 21.1 Å². The Labute approximate surface area is 71.6 Å². The molecule has 3 heteroatoms. The fourth-order valence-electron chi connectivity index (χ4n) is 0.926. The number of nitrogens with one attached hydrogen (secondary N) is 2. The molecule has 0 unspecified atom stereocenters. The van der Waals surface area contributed by atoms with Crippen molar-refractivity contribution in [3.63, 3.8) is 0 Å². The van der Waals surface area contributed by atoms with Crippen LogP contribution >= 0.6 is 0 Å². The minimum absolute atomic E-state index is 0. The molecule has 0 aliphatic heterocycles. The zero-order valence-corrected chi connectivity index (χ0v) is 8.75. The molecule has 0 aromatic heterocycles. The zero-order chi connectivity index (χ0) is 6.41. The van der Waals surface area contributed by atoms with Crippen molar-refractivity contribution < 1.29 is 21.1 Å². The standard InChI is InChI=1S/C5H10N.CH4N.W/c6-5-3-1-2-4-5;1-2;/h5-6H,1-4H2;2H,1H3;/q2*-1;+2. The van der Waals surface area contributed by atoms with Crippen LogP contribution in [-0.4, -0.2) is 13.1 Å². The van der Waals surface area contributed by atoms with E-state index in [0.29, 0.717) is 6.04 Å². The summed E-state index contributed by atoms with van der Waals surface area (Å²) in [6.45, 7) is 0. The summed E-state index contributed by atoms with van der Waals surface area (Å²) in [5, 5.41) is 0. The Morgan fingerprint density at radius 2 is 1.44 bits per heavy atom. The van der Waals surface area contributed by atoms with Gasteiger partial charge in [-0.15, -0.1) is 6.04 Å². The monoisotopic (exact) mass is 298 g/mol. The first kappa shape index (κ1) is 12.3. The quantitative estimate of drug-likeness (QED) is 0.660. The van der Waals surface area contributed by atoms with Crippen LogP contribution in [0.3, 0.4) is 0 Å². The summed E-state index contributed by atoms with van der Waals surface area (Å²) >= 11 is 0. The largest absolute Gasteiger partial charge is 2.00 e. The van der Waals surface area contributed by atoms with Crippen molar-refractivity contribution in [2.45, 2.75) is 31.7 Å². The van der Waals surface area contributed by atoms with Crippen LogP contribution in [0, 0.1) is 0 Å². The first-order valence-corrected chi connectivity index (χ1v) is 3.11. The van der Waals surface area contributed by atoms with E-state index in [1.807, 2.05) is 0 Å². The van der Waals surface area contributed by atoms with Crippen LogP contribution in [0.2, 0.25) is 0 Å². The maximum atomic E-state index is 7.13. The van der Waals surface area contributed by atoms with E-state index >= 15 is 0 Å². The molecule has 0 radical (unpaired) electrons. The van der Waals surface area contributed by atoms with Crippen molar-refractivity contribution in [3.05, 3.63) is 11.5 Å². The maximum absolute atomic E-state index is 7.13. The molecule has 0 heterocycles. The molecule has 0 spiro atoms. The molecule has 1 aliphatic rings. The molecule has 1 rings (SSSR count). The van der Waals surface area contributed by atoms with Crippen LogP contribution in [-0.2, 0) is 21.1 Å². The van der Waals surface area contributed by atoms with Crippen LogP contribution in [0.4, 0.5) is 0 Å². The Hall–Kier alpha value is 0.608. The molecular formula is C6H14N2W. The molecule has 0 amide bonds. The molecule has 0 bridgehead atoms. The zero-order valence-electron chi connectivity index (χ0n) is 5.81. The number of rotatable bonds is 0. The van der Waals surface area contributed by atoms with Gasteiger partial charge < -0.3 is 11.5 Å². The molecule has 2 N–H and O–H groups in total. The van der Waals surface area contributed by atoms with E-state index in [1.54, 1.807) is 0 Å². The van der Waals surface area contributed by atoms with E-state index in [1.165, 1.54) is 19.9 Å². The minimum Gasteiger partial charge on any atom is -0.680 e. The Balaban J connectivity index is 0. The van der Waals surface area contributed by atoms with Crippen molar-refractivity contribution in [1.29, 1.82) is 0 Å². The van der Waals surface area contributed by atoms with Gasteiger partial charge in [-0.3, -0.25) is 0 Å². The second-order valence-corrected chi connectivity index (χ2v) is 1.98. The Morgan fingerprint density at radius 1 is 1.11 bits per heavy atom. The van der Waals surface area contributed by atoms with Gasteiger partial charge in [-0.1, -0.05) is 25.7 Å². The minimum atomic E-state index is 0. The Bertz CT molecular complexity index is 44.3. The predicted molar refractivity (Wildman–Crippen MR) is 36.8 cm³/mol. The third kappa shape index (κ3) is 6.49. The van der Waals surface area contributed by atoms with Crippen LogP contribution in [0.15, 0.2) is 0 Å². The summed E-state index contributed by atoms with van der Waals surface area (Å²) in [6, 6.07) is 0.296. The summed E-state index contributed by atoms with van der Waals surface area (Å²) in [7, 11) is 1.25.